The fourth-order valence-electron chi connectivity index (χ4n) is 3.38. The highest BCUT2D eigenvalue weighted by Crippen LogP contribution is 2.38. The molecule has 1 heterocycles. The van der Waals surface area contributed by atoms with E-state index in [9.17, 15) is 13.2 Å². The molecule has 0 radical (unpaired) electrons. The van der Waals surface area contributed by atoms with Crippen LogP contribution in [0.5, 0.6) is 5.75 Å². The minimum absolute atomic E-state index is 0.00569. The van der Waals surface area contributed by atoms with E-state index < -0.39 is 15.4 Å². The van der Waals surface area contributed by atoms with Gasteiger partial charge in [0.25, 0.3) is 0 Å². The maximum atomic E-state index is 13.0. The van der Waals surface area contributed by atoms with Gasteiger partial charge < -0.3 is 9.64 Å². The van der Waals surface area contributed by atoms with Gasteiger partial charge >= 0.3 is 0 Å². The number of anilines is 2. The Morgan fingerprint density at radius 3 is 2.50 bits per heavy atom. The van der Waals surface area contributed by atoms with E-state index in [0.29, 0.717) is 30.1 Å². The molecule has 1 aliphatic rings. The molecule has 0 aliphatic carbocycles. The fourth-order valence-corrected chi connectivity index (χ4v) is 4.48. The quantitative estimate of drug-likeness (QED) is 0.718. The molecule has 7 heteroatoms. The molecule has 1 aliphatic heterocycles. The Bertz CT molecular complexity index is 1000. The second-order valence-corrected chi connectivity index (χ2v) is 10.7. The SMILES string of the molecule is CC(C)CN1C(=O)C(C)(C)COc2cc(NS(=O)(=O)CCc3ccccc3)ccc21. The van der Waals surface area contributed by atoms with Crippen molar-refractivity contribution in [2.24, 2.45) is 11.3 Å². The van der Waals surface area contributed by atoms with E-state index in [1.165, 1.54) is 0 Å². The number of nitrogens with one attached hydrogen (secondary N) is 1. The Hall–Kier alpha value is -2.54. The van der Waals surface area contributed by atoms with Gasteiger partial charge in [0.15, 0.2) is 0 Å². The van der Waals surface area contributed by atoms with Gasteiger partial charge in [-0.25, -0.2) is 8.42 Å². The Kier molecular flexibility index (Phi) is 6.41. The molecule has 0 saturated carbocycles. The highest BCUT2D eigenvalue weighted by Gasteiger charge is 2.38. The number of rotatable bonds is 7. The van der Waals surface area contributed by atoms with Gasteiger partial charge in [0.05, 0.1) is 22.5 Å². The molecule has 0 atom stereocenters. The molecule has 0 saturated heterocycles. The lowest BCUT2D eigenvalue weighted by Crippen LogP contribution is -2.43. The second-order valence-electron chi connectivity index (χ2n) is 8.82. The van der Waals surface area contributed by atoms with Crippen LogP contribution in [0.25, 0.3) is 0 Å². The number of carbonyl (C=O) groups is 1. The number of fused-ring (bicyclic) bond motifs is 1. The van der Waals surface area contributed by atoms with Gasteiger partial charge in [-0.3, -0.25) is 9.52 Å². The van der Waals surface area contributed by atoms with Crippen molar-refractivity contribution in [3.63, 3.8) is 0 Å². The van der Waals surface area contributed by atoms with E-state index in [2.05, 4.69) is 18.6 Å². The highest BCUT2D eigenvalue weighted by atomic mass is 32.2. The number of hydrogen-bond acceptors (Lipinski definition) is 4. The van der Waals surface area contributed by atoms with Crippen LogP contribution in [-0.4, -0.2) is 33.2 Å². The summed E-state index contributed by atoms with van der Waals surface area (Å²) in [6.07, 6.45) is 0.433. The molecular weight excluding hydrogens is 400 g/mol. The van der Waals surface area contributed by atoms with E-state index in [1.54, 1.807) is 23.1 Å². The van der Waals surface area contributed by atoms with Gasteiger partial charge in [0.2, 0.25) is 15.9 Å². The molecule has 0 unspecified atom stereocenters. The first-order valence-corrected chi connectivity index (χ1v) is 11.9. The predicted octanol–water partition coefficient (Wildman–Crippen LogP) is 4.08. The summed E-state index contributed by atoms with van der Waals surface area (Å²) in [5, 5.41) is 0. The van der Waals surface area contributed by atoms with Crippen molar-refractivity contribution >= 4 is 27.3 Å². The Morgan fingerprint density at radius 1 is 1.13 bits per heavy atom. The van der Waals surface area contributed by atoms with E-state index in [1.807, 2.05) is 44.2 Å². The van der Waals surface area contributed by atoms with Crippen LogP contribution in [0, 0.1) is 11.3 Å². The van der Waals surface area contributed by atoms with E-state index in [-0.39, 0.29) is 24.2 Å². The predicted molar refractivity (Wildman–Crippen MR) is 120 cm³/mol. The molecule has 0 aromatic heterocycles. The number of aryl methyl sites for hydroxylation is 1. The standard InChI is InChI=1S/C23H30N2O4S/c1-17(2)15-25-20-11-10-19(14-21(20)29-16-23(3,4)22(25)26)24-30(27,28)13-12-18-8-6-5-7-9-18/h5-11,14,17,24H,12-13,15-16H2,1-4H3. The number of ether oxygens (including phenoxy) is 1. The zero-order valence-corrected chi connectivity index (χ0v) is 18.8. The third-order valence-corrected chi connectivity index (χ3v) is 6.27. The number of carbonyl (C=O) groups excluding carboxylic acids is 1. The van der Waals surface area contributed by atoms with Crippen LogP contribution in [0.1, 0.15) is 33.3 Å². The van der Waals surface area contributed by atoms with Gasteiger partial charge in [-0.2, -0.15) is 0 Å². The number of benzene rings is 2. The summed E-state index contributed by atoms with van der Waals surface area (Å²) >= 11 is 0. The number of sulfonamides is 1. The average molecular weight is 431 g/mol. The summed E-state index contributed by atoms with van der Waals surface area (Å²) in [6.45, 7) is 8.64. The smallest absolute Gasteiger partial charge is 0.236 e. The molecule has 30 heavy (non-hydrogen) atoms. The molecule has 3 rings (SSSR count). The van der Waals surface area contributed by atoms with Gasteiger partial charge in [-0.15, -0.1) is 0 Å². The average Bonchev–Trinajstić information content (AvgIpc) is 2.77. The van der Waals surface area contributed by atoms with E-state index in [0.717, 1.165) is 5.56 Å². The lowest BCUT2D eigenvalue weighted by Gasteiger charge is -2.29. The van der Waals surface area contributed by atoms with E-state index in [4.69, 9.17) is 4.74 Å². The first-order chi connectivity index (χ1) is 14.1. The van der Waals surface area contributed by atoms with Crippen molar-refractivity contribution in [3.8, 4) is 5.75 Å². The molecule has 1 amide bonds. The van der Waals surface area contributed by atoms with Crippen LogP contribution >= 0.6 is 0 Å². The van der Waals surface area contributed by atoms with Crippen LogP contribution in [0.2, 0.25) is 0 Å². The van der Waals surface area contributed by atoms with Gasteiger partial charge in [0.1, 0.15) is 12.4 Å². The zero-order chi connectivity index (χ0) is 21.9. The maximum absolute atomic E-state index is 13.0. The molecule has 2 aromatic carbocycles. The van der Waals surface area contributed by atoms with Crippen LogP contribution in [0.15, 0.2) is 48.5 Å². The lowest BCUT2D eigenvalue weighted by molar-refractivity contribution is -0.127. The zero-order valence-electron chi connectivity index (χ0n) is 18.0. The molecule has 6 nitrogen and oxygen atoms in total. The topological polar surface area (TPSA) is 75.7 Å². The van der Waals surface area contributed by atoms with Crippen LogP contribution < -0.4 is 14.4 Å². The normalized spacial score (nSPS) is 16.0. The molecule has 0 fully saturated rings. The van der Waals surface area contributed by atoms with Crippen molar-refractivity contribution in [1.29, 1.82) is 0 Å². The van der Waals surface area contributed by atoms with Crippen LogP contribution in [-0.2, 0) is 21.2 Å². The number of nitrogens with zero attached hydrogens (tertiary/aromatic N) is 1. The summed E-state index contributed by atoms with van der Waals surface area (Å²) in [4.78, 5) is 14.8. The lowest BCUT2D eigenvalue weighted by atomic mass is 9.92. The second kappa shape index (κ2) is 8.68. The summed E-state index contributed by atoms with van der Waals surface area (Å²) < 4.78 is 33.7. The largest absolute Gasteiger partial charge is 0.490 e. The number of hydrogen-bond donors (Lipinski definition) is 1. The van der Waals surface area contributed by atoms with Crippen molar-refractivity contribution in [3.05, 3.63) is 54.1 Å². The first-order valence-electron chi connectivity index (χ1n) is 10.2. The van der Waals surface area contributed by atoms with Crippen molar-refractivity contribution in [2.75, 3.05) is 28.5 Å². The van der Waals surface area contributed by atoms with E-state index >= 15 is 0 Å². The molecule has 162 valence electrons. The molecular formula is C23H30N2O4S. The Labute approximate surface area is 179 Å². The Morgan fingerprint density at radius 2 is 1.83 bits per heavy atom. The molecule has 1 N–H and O–H groups in total. The summed E-state index contributed by atoms with van der Waals surface area (Å²) in [5.41, 5.74) is 1.41. The summed E-state index contributed by atoms with van der Waals surface area (Å²) in [7, 11) is -3.52. The maximum Gasteiger partial charge on any atom is 0.236 e. The summed E-state index contributed by atoms with van der Waals surface area (Å²) in [5.74, 6) is 0.788. The van der Waals surface area contributed by atoms with Crippen molar-refractivity contribution < 1.29 is 17.9 Å². The highest BCUT2D eigenvalue weighted by molar-refractivity contribution is 7.92. The van der Waals surface area contributed by atoms with Gasteiger partial charge in [-0.05, 0) is 43.9 Å². The van der Waals surface area contributed by atoms with Crippen LogP contribution in [0.3, 0.4) is 0 Å². The van der Waals surface area contributed by atoms with Gasteiger partial charge in [-0.1, -0.05) is 44.2 Å². The van der Waals surface area contributed by atoms with Gasteiger partial charge in [0, 0.05) is 12.6 Å². The third-order valence-electron chi connectivity index (χ3n) is 4.99. The van der Waals surface area contributed by atoms with Crippen molar-refractivity contribution in [1.82, 2.24) is 0 Å². The minimum Gasteiger partial charge on any atom is -0.490 e. The molecule has 2 aromatic rings. The Balaban J connectivity index is 1.81. The molecule has 0 bridgehead atoms. The summed E-state index contributed by atoms with van der Waals surface area (Å²) in [6, 6.07) is 14.6. The number of amides is 1. The van der Waals surface area contributed by atoms with Crippen LogP contribution in [0.4, 0.5) is 11.4 Å². The minimum atomic E-state index is -3.52. The van der Waals surface area contributed by atoms with Crippen molar-refractivity contribution in [2.45, 2.75) is 34.1 Å². The molecule has 0 spiro atoms. The monoisotopic (exact) mass is 430 g/mol. The fraction of sp³-hybridized carbons (Fsp3) is 0.435. The first kappa shape index (κ1) is 22.2. The third kappa shape index (κ3) is 5.33.